The van der Waals surface area contributed by atoms with E-state index in [-0.39, 0.29) is 19.1 Å². The Morgan fingerprint density at radius 1 is 1.35 bits per heavy atom. The van der Waals surface area contributed by atoms with Crippen molar-refractivity contribution in [3.63, 3.8) is 0 Å². The molecule has 20 heavy (non-hydrogen) atoms. The lowest BCUT2D eigenvalue weighted by Gasteiger charge is -2.27. The molecule has 0 radical (unpaired) electrons. The summed E-state index contributed by atoms with van der Waals surface area (Å²) in [5.74, 6) is -0.222. The third kappa shape index (κ3) is 7.23. The van der Waals surface area contributed by atoms with Crippen molar-refractivity contribution in [1.29, 1.82) is 0 Å². The summed E-state index contributed by atoms with van der Waals surface area (Å²) in [5, 5.41) is 12.7. The number of amides is 1. The fourth-order valence-electron chi connectivity index (χ4n) is 1.91. The summed E-state index contributed by atoms with van der Waals surface area (Å²) in [4.78, 5) is 13.5. The molecule has 0 aliphatic carbocycles. The Bertz CT molecular complexity index is 405. The summed E-state index contributed by atoms with van der Waals surface area (Å²) in [6, 6.07) is 9.68. The fraction of sp³-hybridized carbons (Fsp3) is 0.533. The molecule has 5 heteroatoms. The zero-order valence-corrected chi connectivity index (χ0v) is 12.4. The average molecular weight is 280 g/mol. The molecule has 0 bridgehead atoms. The van der Waals surface area contributed by atoms with E-state index in [1.54, 1.807) is 6.92 Å². The summed E-state index contributed by atoms with van der Waals surface area (Å²) in [5.41, 5.74) is 0.0818. The van der Waals surface area contributed by atoms with E-state index < -0.39 is 5.60 Å². The van der Waals surface area contributed by atoms with E-state index in [9.17, 15) is 9.90 Å². The number of nitrogens with one attached hydrogen (secondary N) is 1. The topological polar surface area (TPSA) is 61.8 Å². The van der Waals surface area contributed by atoms with Crippen molar-refractivity contribution < 1.29 is 14.6 Å². The van der Waals surface area contributed by atoms with Crippen molar-refractivity contribution in [3.05, 3.63) is 35.9 Å². The van der Waals surface area contributed by atoms with Gasteiger partial charge in [0.1, 0.15) is 6.61 Å². The van der Waals surface area contributed by atoms with Crippen LogP contribution in [0.1, 0.15) is 12.5 Å². The maximum absolute atomic E-state index is 11.6. The van der Waals surface area contributed by atoms with Crippen LogP contribution in [0.15, 0.2) is 30.3 Å². The van der Waals surface area contributed by atoms with Crippen molar-refractivity contribution in [1.82, 2.24) is 10.2 Å². The van der Waals surface area contributed by atoms with Gasteiger partial charge in [-0.2, -0.15) is 0 Å². The van der Waals surface area contributed by atoms with Gasteiger partial charge in [0, 0.05) is 13.1 Å². The van der Waals surface area contributed by atoms with E-state index >= 15 is 0 Å². The molecule has 0 spiro atoms. The second-order valence-electron chi connectivity index (χ2n) is 5.49. The Labute approximate surface area is 120 Å². The SMILES string of the molecule is CN(C)CC(C)(O)CNC(=O)COCc1ccccc1. The van der Waals surface area contributed by atoms with Gasteiger partial charge in [0.05, 0.1) is 12.2 Å². The monoisotopic (exact) mass is 280 g/mol. The lowest BCUT2D eigenvalue weighted by Crippen LogP contribution is -2.47. The van der Waals surface area contributed by atoms with Gasteiger partial charge in [-0.25, -0.2) is 0 Å². The highest BCUT2D eigenvalue weighted by Gasteiger charge is 2.21. The van der Waals surface area contributed by atoms with Crippen LogP contribution in [0.5, 0.6) is 0 Å². The van der Waals surface area contributed by atoms with Gasteiger partial charge in [0.15, 0.2) is 0 Å². The molecule has 0 aromatic heterocycles. The average Bonchev–Trinajstić information content (AvgIpc) is 2.36. The molecule has 0 aliphatic heterocycles. The Morgan fingerprint density at radius 3 is 2.60 bits per heavy atom. The number of rotatable bonds is 8. The number of carbonyl (C=O) groups excluding carboxylic acids is 1. The Morgan fingerprint density at radius 2 is 2.00 bits per heavy atom. The maximum Gasteiger partial charge on any atom is 0.246 e. The van der Waals surface area contributed by atoms with Gasteiger partial charge >= 0.3 is 0 Å². The number of nitrogens with zero attached hydrogens (tertiary/aromatic N) is 1. The van der Waals surface area contributed by atoms with E-state index in [1.165, 1.54) is 0 Å². The Kier molecular flexibility index (Phi) is 6.64. The Hall–Kier alpha value is -1.43. The number of benzene rings is 1. The number of likely N-dealkylation sites (N-methyl/N-ethyl adjacent to an activating group) is 1. The molecule has 0 saturated carbocycles. The molecule has 1 aromatic rings. The molecule has 112 valence electrons. The minimum Gasteiger partial charge on any atom is -0.387 e. The number of aliphatic hydroxyl groups is 1. The van der Waals surface area contributed by atoms with Gasteiger partial charge in [0.2, 0.25) is 5.91 Å². The molecular formula is C15H24N2O3. The highest BCUT2D eigenvalue weighted by molar-refractivity contribution is 5.77. The standard InChI is InChI=1S/C15H24N2O3/c1-15(19,12-17(2)3)11-16-14(18)10-20-9-13-7-5-4-6-8-13/h4-8,19H,9-12H2,1-3H3,(H,16,18). The van der Waals surface area contributed by atoms with Crippen LogP contribution in [0.3, 0.4) is 0 Å². The minimum atomic E-state index is -0.946. The lowest BCUT2D eigenvalue weighted by atomic mass is 10.1. The summed E-state index contributed by atoms with van der Waals surface area (Å²) < 4.78 is 5.32. The van der Waals surface area contributed by atoms with Crippen molar-refractivity contribution in [2.45, 2.75) is 19.1 Å². The van der Waals surface area contributed by atoms with Crippen molar-refractivity contribution in [3.8, 4) is 0 Å². The third-order valence-corrected chi connectivity index (χ3v) is 2.67. The van der Waals surface area contributed by atoms with Crippen LogP contribution in [-0.4, -0.2) is 55.3 Å². The molecule has 1 rings (SSSR count). The molecule has 1 amide bonds. The van der Waals surface area contributed by atoms with Gasteiger partial charge in [-0.1, -0.05) is 30.3 Å². The molecule has 0 saturated heterocycles. The van der Waals surface area contributed by atoms with Crippen LogP contribution in [-0.2, 0) is 16.1 Å². The van der Waals surface area contributed by atoms with Crippen LogP contribution in [0.4, 0.5) is 0 Å². The predicted octanol–water partition coefficient (Wildman–Crippen LogP) is 0.632. The first-order chi connectivity index (χ1) is 9.39. The highest BCUT2D eigenvalue weighted by Crippen LogP contribution is 2.03. The molecule has 1 aromatic carbocycles. The van der Waals surface area contributed by atoms with Gasteiger partial charge in [-0.3, -0.25) is 4.79 Å². The number of carbonyl (C=O) groups is 1. The summed E-state index contributed by atoms with van der Waals surface area (Å²) >= 11 is 0. The lowest BCUT2D eigenvalue weighted by molar-refractivity contribution is -0.127. The van der Waals surface area contributed by atoms with Crippen LogP contribution in [0.2, 0.25) is 0 Å². The summed E-state index contributed by atoms with van der Waals surface area (Å²) in [6.07, 6.45) is 0. The third-order valence-electron chi connectivity index (χ3n) is 2.67. The van der Waals surface area contributed by atoms with Crippen molar-refractivity contribution >= 4 is 5.91 Å². The minimum absolute atomic E-state index is 0.00701. The molecule has 0 aliphatic rings. The first-order valence-corrected chi connectivity index (χ1v) is 6.64. The van der Waals surface area contributed by atoms with Crippen LogP contribution in [0, 0.1) is 0 Å². The van der Waals surface area contributed by atoms with E-state index in [0.29, 0.717) is 13.2 Å². The molecular weight excluding hydrogens is 256 g/mol. The maximum atomic E-state index is 11.6. The second kappa shape index (κ2) is 7.99. The molecule has 0 fully saturated rings. The Balaban J connectivity index is 2.20. The quantitative estimate of drug-likeness (QED) is 0.733. The first kappa shape index (κ1) is 16.6. The van der Waals surface area contributed by atoms with E-state index in [1.807, 2.05) is 49.3 Å². The zero-order chi connectivity index (χ0) is 15.0. The molecule has 1 atom stereocenters. The highest BCUT2D eigenvalue weighted by atomic mass is 16.5. The molecule has 1 unspecified atom stereocenters. The molecule has 0 heterocycles. The number of hydrogen-bond donors (Lipinski definition) is 2. The van der Waals surface area contributed by atoms with E-state index in [4.69, 9.17) is 4.74 Å². The second-order valence-corrected chi connectivity index (χ2v) is 5.49. The van der Waals surface area contributed by atoms with Gasteiger partial charge in [-0.15, -0.1) is 0 Å². The normalized spacial score (nSPS) is 14.1. The smallest absolute Gasteiger partial charge is 0.246 e. The number of hydrogen-bond acceptors (Lipinski definition) is 4. The fourth-order valence-corrected chi connectivity index (χ4v) is 1.91. The van der Waals surface area contributed by atoms with Crippen LogP contribution in [0.25, 0.3) is 0 Å². The largest absolute Gasteiger partial charge is 0.387 e. The summed E-state index contributed by atoms with van der Waals surface area (Å²) in [6.45, 7) is 2.78. The van der Waals surface area contributed by atoms with Gasteiger partial charge < -0.3 is 20.1 Å². The van der Waals surface area contributed by atoms with Gasteiger partial charge in [0.25, 0.3) is 0 Å². The van der Waals surface area contributed by atoms with Crippen LogP contribution < -0.4 is 5.32 Å². The zero-order valence-electron chi connectivity index (χ0n) is 12.4. The van der Waals surface area contributed by atoms with Crippen molar-refractivity contribution in [2.75, 3.05) is 33.8 Å². The first-order valence-electron chi connectivity index (χ1n) is 6.64. The van der Waals surface area contributed by atoms with Crippen LogP contribution >= 0.6 is 0 Å². The number of ether oxygens (including phenoxy) is 1. The van der Waals surface area contributed by atoms with Crippen molar-refractivity contribution in [2.24, 2.45) is 0 Å². The van der Waals surface area contributed by atoms with Gasteiger partial charge in [-0.05, 0) is 26.6 Å². The van der Waals surface area contributed by atoms with E-state index in [0.717, 1.165) is 5.56 Å². The summed E-state index contributed by atoms with van der Waals surface area (Å²) in [7, 11) is 3.75. The predicted molar refractivity (Wildman–Crippen MR) is 78.3 cm³/mol. The van der Waals surface area contributed by atoms with E-state index in [2.05, 4.69) is 5.32 Å². The molecule has 2 N–H and O–H groups in total. The molecule has 5 nitrogen and oxygen atoms in total.